The number of thiazole rings is 1. The highest BCUT2D eigenvalue weighted by atomic mass is 32.1. The standard InChI is InChI=1S/C36H48N6O6S/c1-22(2)30(28-16-29(39-48-28)41-19-36(20-41)11-13-40(14-12-36)34(46)47-35(4,5)6)33(45)42-18-26(43)15-27(42)32(44)37-17-24-7-9-25(10-8-24)31-23(3)38-21-49-31/h7-10,16,21-22,26-27,30,43H,11-15,17-20H2,1-6H3,(H,37,44)/t26-,27+,30+/m1/s1. The second kappa shape index (κ2) is 13.7. The van der Waals surface area contributed by atoms with Crippen LogP contribution >= 0.6 is 11.3 Å². The predicted octanol–water partition coefficient (Wildman–Crippen LogP) is 4.96. The number of carbonyl (C=O) groups excluding carboxylic acids is 3. The second-order valence-electron chi connectivity index (χ2n) is 15.2. The molecule has 0 unspecified atom stereocenters. The Bertz CT molecular complexity index is 1650. The van der Waals surface area contributed by atoms with Crippen LogP contribution in [0.25, 0.3) is 10.4 Å². The Hall–Kier alpha value is -3.97. The lowest BCUT2D eigenvalue weighted by molar-refractivity contribution is -0.141. The maximum absolute atomic E-state index is 14.1. The van der Waals surface area contributed by atoms with E-state index in [4.69, 9.17) is 9.26 Å². The summed E-state index contributed by atoms with van der Waals surface area (Å²) in [5, 5.41) is 17.9. The van der Waals surface area contributed by atoms with Gasteiger partial charge in [0.05, 0.1) is 22.2 Å². The highest BCUT2D eigenvalue weighted by molar-refractivity contribution is 7.13. The number of aryl methyl sites for hydroxylation is 1. The number of nitrogens with zero attached hydrogens (tertiary/aromatic N) is 5. The average Bonchev–Trinajstić information content (AvgIpc) is 3.78. The number of nitrogens with one attached hydrogen (secondary N) is 1. The number of anilines is 1. The molecular weight excluding hydrogens is 644 g/mol. The van der Waals surface area contributed by atoms with E-state index >= 15 is 0 Å². The summed E-state index contributed by atoms with van der Waals surface area (Å²) >= 11 is 1.59. The molecule has 3 aromatic rings. The third-order valence-corrected chi connectivity index (χ3v) is 10.9. The van der Waals surface area contributed by atoms with Gasteiger partial charge in [0.2, 0.25) is 11.8 Å². The van der Waals surface area contributed by atoms with Gasteiger partial charge in [-0.15, -0.1) is 11.3 Å². The van der Waals surface area contributed by atoms with Gasteiger partial charge in [-0.1, -0.05) is 43.3 Å². The van der Waals surface area contributed by atoms with Gasteiger partial charge in [0, 0.05) is 57.2 Å². The summed E-state index contributed by atoms with van der Waals surface area (Å²) in [6, 6.07) is 9.04. The molecule has 3 saturated heterocycles. The Balaban J connectivity index is 1.05. The van der Waals surface area contributed by atoms with Crippen molar-refractivity contribution >= 4 is 35.1 Å². The third kappa shape index (κ3) is 7.62. The van der Waals surface area contributed by atoms with E-state index in [2.05, 4.69) is 20.4 Å². The lowest BCUT2D eigenvalue weighted by Gasteiger charge is -2.53. The summed E-state index contributed by atoms with van der Waals surface area (Å²) in [5.74, 6) is -0.203. The molecule has 3 aliphatic rings. The third-order valence-electron chi connectivity index (χ3n) is 9.90. The van der Waals surface area contributed by atoms with Crippen molar-refractivity contribution in [2.24, 2.45) is 11.3 Å². The first-order valence-corrected chi connectivity index (χ1v) is 18.0. The number of rotatable bonds is 8. The van der Waals surface area contributed by atoms with Gasteiger partial charge >= 0.3 is 6.09 Å². The van der Waals surface area contributed by atoms with Crippen LogP contribution in [0.15, 0.2) is 40.4 Å². The van der Waals surface area contributed by atoms with Crippen LogP contribution < -0.4 is 10.2 Å². The van der Waals surface area contributed by atoms with Gasteiger partial charge in [0.1, 0.15) is 17.6 Å². The van der Waals surface area contributed by atoms with E-state index in [1.165, 1.54) is 4.90 Å². The normalized spacial score (nSPS) is 21.2. The molecule has 3 atom stereocenters. The Morgan fingerprint density at radius 2 is 1.84 bits per heavy atom. The van der Waals surface area contributed by atoms with Crippen molar-refractivity contribution in [2.75, 3.05) is 37.6 Å². The molecule has 1 spiro atoms. The summed E-state index contributed by atoms with van der Waals surface area (Å²) in [7, 11) is 0. The molecule has 2 N–H and O–H groups in total. The molecule has 49 heavy (non-hydrogen) atoms. The van der Waals surface area contributed by atoms with Gasteiger partial charge in [-0.3, -0.25) is 9.59 Å². The summed E-state index contributed by atoms with van der Waals surface area (Å²) < 4.78 is 11.3. The zero-order chi connectivity index (χ0) is 35.1. The van der Waals surface area contributed by atoms with E-state index in [-0.39, 0.29) is 42.2 Å². The second-order valence-corrected chi connectivity index (χ2v) is 16.1. The highest BCUT2D eigenvalue weighted by Crippen LogP contribution is 2.43. The van der Waals surface area contributed by atoms with E-state index in [0.29, 0.717) is 31.2 Å². The van der Waals surface area contributed by atoms with Gasteiger partial charge in [-0.05, 0) is 57.6 Å². The topological polar surface area (TPSA) is 141 Å². The number of β-amino-alcohol motifs (C(OH)–C–C–N with tert-alkyl or cyclic N) is 1. The van der Waals surface area contributed by atoms with Crippen molar-refractivity contribution in [3.63, 3.8) is 0 Å². The molecule has 0 radical (unpaired) electrons. The molecule has 5 heterocycles. The van der Waals surface area contributed by atoms with E-state index in [1.807, 2.05) is 77.4 Å². The van der Waals surface area contributed by atoms with E-state index in [9.17, 15) is 19.5 Å². The molecule has 3 amide bonds. The largest absolute Gasteiger partial charge is 0.444 e. The zero-order valence-corrected chi connectivity index (χ0v) is 30.1. The SMILES string of the molecule is Cc1ncsc1-c1ccc(CNC(=O)[C@@H]2C[C@@H](O)CN2C(=O)[C@H](c2cc(N3CC4(CCN(C(=O)OC(C)(C)C)CC4)C3)no2)C(C)C)cc1. The van der Waals surface area contributed by atoms with Crippen molar-refractivity contribution in [1.29, 1.82) is 0 Å². The number of aromatic nitrogens is 2. The van der Waals surface area contributed by atoms with Crippen LogP contribution in [0.4, 0.5) is 10.6 Å². The van der Waals surface area contributed by atoms with Crippen molar-refractivity contribution in [3.8, 4) is 10.4 Å². The molecule has 6 rings (SSSR count). The lowest BCUT2D eigenvalue weighted by Crippen LogP contribution is -2.61. The summed E-state index contributed by atoms with van der Waals surface area (Å²) in [4.78, 5) is 50.9. The fraction of sp³-hybridized carbons (Fsp3) is 0.583. The number of hydrogen-bond acceptors (Lipinski definition) is 10. The maximum atomic E-state index is 14.1. The first-order chi connectivity index (χ1) is 23.2. The van der Waals surface area contributed by atoms with Crippen LogP contribution in [-0.4, -0.2) is 93.4 Å². The number of carbonyl (C=O) groups is 3. The minimum Gasteiger partial charge on any atom is -0.444 e. The highest BCUT2D eigenvalue weighted by Gasteiger charge is 2.48. The summed E-state index contributed by atoms with van der Waals surface area (Å²) in [6.07, 6.45) is 0.897. The number of hydrogen-bond donors (Lipinski definition) is 2. The van der Waals surface area contributed by atoms with Gasteiger partial charge in [-0.25, -0.2) is 9.78 Å². The number of ether oxygens (including phenoxy) is 1. The van der Waals surface area contributed by atoms with Gasteiger partial charge in [0.15, 0.2) is 11.6 Å². The number of piperidine rings is 1. The minimum atomic E-state index is -0.793. The fourth-order valence-electron chi connectivity index (χ4n) is 7.19. The van der Waals surface area contributed by atoms with Crippen LogP contribution in [0.3, 0.4) is 0 Å². The molecule has 1 aromatic carbocycles. The van der Waals surface area contributed by atoms with Crippen LogP contribution in [0.1, 0.15) is 76.8 Å². The molecule has 0 aliphatic carbocycles. The quantitative estimate of drug-likeness (QED) is 0.335. The molecule has 3 fully saturated rings. The van der Waals surface area contributed by atoms with E-state index in [1.54, 1.807) is 16.2 Å². The lowest BCUT2D eigenvalue weighted by atomic mass is 9.72. The monoisotopic (exact) mass is 692 g/mol. The predicted molar refractivity (Wildman–Crippen MR) is 186 cm³/mol. The molecule has 0 saturated carbocycles. The molecule has 3 aliphatic heterocycles. The number of aliphatic hydroxyl groups excluding tert-OH is 1. The minimum absolute atomic E-state index is 0.0823. The Labute approximate surface area is 291 Å². The molecule has 264 valence electrons. The van der Waals surface area contributed by atoms with Crippen molar-refractivity contribution in [2.45, 2.75) is 91.0 Å². The van der Waals surface area contributed by atoms with E-state index < -0.39 is 23.7 Å². The molecule has 12 nitrogen and oxygen atoms in total. The van der Waals surface area contributed by atoms with Crippen LogP contribution in [0.2, 0.25) is 0 Å². The zero-order valence-electron chi connectivity index (χ0n) is 29.3. The molecule has 0 bridgehead atoms. The molecule has 2 aromatic heterocycles. The Morgan fingerprint density at radius 3 is 2.45 bits per heavy atom. The van der Waals surface area contributed by atoms with Crippen LogP contribution in [0.5, 0.6) is 0 Å². The maximum Gasteiger partial charge on any atom is 0.410 e. The number of benzene rings is 1. The van der Waals surface area contributed by atoms with Crippen molar-refractivity contribution < 1.29 is 28.8 Å². The van der Waals surface area contributed by atoms with Crippen LogP contribution in [-0.2, 0) is 20.9 Å². The average molecular weight is 693 g/mol. The van der Waals surface area contributed by atoms with Gasteiger partial charge in [-0.2, -0.15) is 0 Å². The van der Waals surface area contributed by atoms with Gasteiger partial charge < -0.3 is 34.4 Å². The summed E-state index contributed by atoms with van der Waals surface area (Å²) in [5.41, 5.74) is 4.42. The van der Waals surface area contributed by atoms with Gasteiger partial charge in [0.25, 0.3) is 0 Å². The van der Waals surface area contributed by atoms with E-state index in [0.717, 1.165) is 47.6 Å². The first kappa shape index (κ1) is 34.9. The Morgan fingerprint density at radius 1 is 1.14 bits per heavy atom. The summed E-state index contributed by atoms with van der Waals surface area (Å²) in [6.45, 7) is 14.8. The molecular formula is C36H48N6O6S. The molecule has 13 heteroatoms. The van der Waals surface area contributed by atoms with Crippen LogP contribution in [0, 0.1) is 18.3 Å². The smallest absolute Gasteiger partial charge is 0.410 e. The van der Waals surface area contributed by atoms with Crippen molar-refractivity contribution in [1.82, 2.24) is 25.3 Å². The Kier molecular flexibility index (Phi) is 9.78. The number of likely N-dealkylation sites (tertiary alicyclic amines) is 2. The fourth-order valence-corrected chi connectivity index (χ4v) is 8.00. The first-order valence-electron chi connectivity index (χ1n) is 17.2. The number of aliphatic hydroxyl groups is 1. The van der Waals surface area contributed by atoms with Crippen molar-refractivity contribution in [3.05, 3.63) is 52.9 Å². The number of amides is 3.